The monoisotopic (exact) mass is 272 g/mol. The number of rotatable bonds is 7. The van der Waals surface area contributed by atoms with Crippen LogP contribution in [0.2, 0.25) is 0 Å². The smallest absolute Gasteiger partial charge is 0.396 e. The maximum atomic E-state index is 13.6. The number of ether oxygens (including phenoxy) is 1. The van der Waals surface area contributed by atoms with Crippen molar-refractivity contribution in [2.45, 2.75) is 31.4 Å². The highest BCUT2D eigenvalue weighted by molar-refractivity contribution is 5.75. The van der Waals surface area contributed by atoms with Crippen molar-refractivity contribution in [2.75, 3.05) is 6.54 Å². The Morgan fingerprint density at radius 3 is 2.47 bits per heavy atom. The Kier molecular flexibility index (Phi) is 5.85. The fourth-order valence-electron chi connectivity index (χ4n) is 1.52. The Labute approximate surface area is 110 Å². The van der Waals surface area contributed by atoms with Crippen LogP contribution in [-0.2, 0) is 15.6 Å². The average molecular weight is 272 g/mol. The fourth-order valence-corrected chi connectivity index (χ4v) is 1.52. The second-order valence-electron chi connectivity index (χ2n) is 4.19. The van der Waals surface area contributed by atoms with Gasteiger partial charge in [0.2, 0.25) is 0 Å². The predicted molar refractivity (Wildman–Crippen MR) is 67.3 cm³/mol. The topological polar surface area (TPSA) is 78.3 Å². The molecule has 4 N–H and O–H groups in total. The predicted octanol–water partition coefficient (Wildman–Crippen LogP) is 1.74. The van der Waals surface area contributed by atoms with Crippen molar-refractivity contribution in [1.82, 2.24) is 0 Å². The second kappa shape index (κ2) is 7.16. The van der Waals surface area contributed by atoms with E-state index in [-0.39, 0.29) is 12.0 Å². The number of unbranched alkanes of at least 4 members (excludes halogenated alkanes) is 1. The van der Waals surface area contributed by atoms with Gasteiger partial charge in [0.05, 0.1) is 5.56 Å². The molecule has 19 heavy (non-hydrogen) atoms. The molecule has 0 aliphatic carbocycles. The van der Waals surface area contributed by atoms with Crippen LogP contribution in [0.3, 0.4) is 0 Å². The molecule has 1 unspecified atom stereocenters. The lowest BCUT2D eigenvalue weighted by Gasteiger charge is -2.19. The summed E-state index contributed by atoms with van der Waals surface area (Å²) in [6.45, 7) is 0.474. The van der Waals surface area contributed by atoms with E-state index in [1.807, 2.05) is 0 Å². The summed E-state index contributed by atoms with van der Waals surface area (Å²) in [5.41, 5.74) is 10.4. The van der Waals surface area contributed by atoms with E-state index < -0.39 is 18.1 Å². The Balaban J connectivity index is 2.55. The number of benzene rings is 1. The van der Waals surface area contributed by atoms with Crippen LogP contribution in [0.15, 0.2) is 30.3 Å². The van der Waals surface area contributed by atoms with Gasteiger partial charge < -0.3 is 16.2 Å². The van der Waals surface area contributed by atoms with Gasteiger partial charge in [0.1, 0.15) is 6.04 Å². The molecule has 0 aliphatic heterocycles. The van der Waals surface area contributed by atoms with Crippen LogP contribution in [0.5, 0.6) is 0 Å². The lowest BCUT2D eigenvalue weighted by Crippen LogP contribution is -2.36. The minimum absolute atomic E-state index is 0.279. The number of hydrogen-bond donors (Lipinski definition) is 2. The van der Waals surface area contributed by atoms with Crippen molar-refractivity contribution in [1.29, 1.82) is 0 Å². The Hall–Kier alpha value is -1.53. The molecule has 0 bridgehead atoms. The van der Waals surface area contributed by atoms with Crippen LogP contribution in [0, 0.1) is 0 Å². The quantitative estimate of drug-likeness (QED) is 0.585. The minimum atomic E-state index is -3.66. The van der Waals surface area contributed by atoms with E-state index in [9.17, 15) is 13.6 Å². The van der Waals surface area contributed by atoms with Gasteiger partial charge >= 0.3 is 12.1 Å². The molecule has 0 heterocycles. The molecule has 4 nitrogen and oxygen atoms in total. The number of nitrogens with two attached hydrogens (primary N) is 2. The van der Waals surface area contributed by atoms with E-state index in [0.29, 0.717) is 19.4 Å². The zero-order valence-electron chi connectivity index (χ0n) is 10.5. The summed E-state index contributed by atoms with van der Waals surface area (Å²) in [4.78, 5) is 11.5. The first-order chi connectivity index (χ1) is 8.97. The van der Waals surface area contributed by atoms with Gasteiger partial charge in [0.25, 0.3) is 0 Å². The van der Waals surface area contributed by atoms with Crippen LogP contribution in [-0.4, -0.2) is 18.6 Å². The largest absolute Gasteiger partial charge is 0.428 e. The molecule has 0 radical (unpaired) electrons. The lowest BCUT2D eigenvalue weighted by molar-refractivity contribution is -0.241. The molecule has 0 amide bonds. The molecule has 0 fully saturated rings. The maximum Gasteiger partial charge on any atom is 0.428 e. The third-order valence-electron chi connectivity index (χ3n) is 2.61. The lowest BCUT2D eigenvalue weighted by atomic mass is 10.1. The van der Waals surface area contributed by atoms with Gasteiger partial charge in [-0.15, -0.1) is 0 Å². The molecule has 1 atom stereocenters. The van der Waals surface area contributed by atoms with Crippen molar-refractivity contribution >= 4 is 5.97 Å². The molecule has 1 aromatic carbocycles. The van der Waals surface area contributed by atoms with Gasteiger partial charge in [-0.3, -0.25) is 4.79 Å². The van der Waals surface area contributed by atoms with Crippen LogP contribution in [0.25, 0.3) is 0 Å². The van der Waals surface area contributed by atoms with E-state index in [1.54, 1.807) is 6.07 Å². The molecule has 0 saturated carbocycles. The third kappa shape index (κ3) is 4.92. The molecular weight excluding hydrogens is 254 g/mol. The highest BCUT2D eigenvalue weighted by Crippen LogP contribution is 2.29. The van der Waals surface area contributed by atoms with E-state index in [0.717, 1.165) is 0 Å². The summed E-state index contributed by atoms with van der Waals surface area (Å²) < 4.78 is 31.5. The molecule has 1 rings (SSSR count). The summed E-state index contributed by atoms with van der Waals surface area (Å²) in [5, 5.41) is 0. The summed E-state index contributed by atoms with van der Waals surface area (Å²) in [5.74, 6) is -1.11. The number of carbonyl (C=O) groups excluding carboxylic acids is 1. The van der Waals surface area contributed by atoms with E-state index in [4.69, 9.17) is 11.5 Å². The summed E-state index contributed by atoms with van der Waals surface area (Å²) in [6.07, 6.45) is -2.09. The Morgan fingerprint density at radius 1 is 1.26 bits per heavy atom. The van der Waals surface area contributed by atoms with Gasteiger partial charge in [-0.25, -0.2) is 0 Å². The SMILES string of the molecule is NCCCCC(N)C(=O)OC(F)(F)c1ccccc1. The van der Waals surface area contributed by atoms with Crippen LogP contribution in [0.4, 0.5) is 8.78 Å². The average Bonchev–Trinajstić information content (AvgIpc) is 2.39. The van der Waals surface area contributed by atoms with Gasteiger partial charge in [-0.05, 0) is 31.5 Å². The number of carbonyl (C=O) groups is 1. The van der Waals surface area contributed by atoms with Gasteiger partial charge in [0.15, 0.2) is 0 Å². The van der Waals surface area contributed by atoms with Crippen molar-refractivity contribution in [3.05, 3.63) is 35.9 Å². The first-order valence-corrected chi connectivity index (χ1v) is 6.09. The molecule has 106 valence electrons. The maximum absolute atomic E-state index is 13.6. The van der Waals surface area contributed by atoms with Crippen LogP contribution < -0.4 is 11.5 Å². The molecule has 0 spiro atoms. The van der Waals surface area contributed by atoms with Crippen molar-refractivity contribution < 1.29 is 18.3 Å². The first-order valence-electron chi connectivity index (χ1n) is 6.09. The van der Waals surface area contributed by atoms with Crippen molar-refractivity contribution in [2.24, 2.45) is 11.5 Å². The summed E-state index contributed by atoms with van der Waals surface area (Å²) in [6, 6.07) is 5.80. The van der Waals surface area contributed by atoms with Crippen LogP contribution >= 0.6 is 0 Å². The van der Waals surface area contributed by atoms with Gasteiger partial charge in [-0.1, -0.05) is 24.6 Å². The standard InChI is InChI=1S/C13H18F2N2O2/c14-13(15,10-6-2-1-3-7-10)19-12(18)11(17)8-4-5-9-16/h1-3,6-7,11H,4-5,8-9,16-17H2. The Morgan fingerprint density at radius 2 is 1.89 bits per heavy atom. The van der Waals surface area contributed by atoms with Gasteiger partial charge in [-0.2, -0.15) is 8.78 Å². The fraction of sp³-hybridized carbons (Fsp3) is 0.462. The number of esters is 1. The minimum Gasteiger partial charge on any atom is -0.396 e. The molecule has 6 heteroatoms. The molecular formula is C13H18F2N2O2. The van der Waals surface area contributed by atoms with E-state index >= 15 is 0 Å². The zero-order valence-corrected chi connectivity index (χ0v) is 10.5. The number of alkyl halides is 2. The van der Waals surface area contributed by atoms with Crippen LogP contribution in [0.1, 0.15) is 24.8 Å². The van der Waals surface area contributed by atoms with Crippen molar-refractivity contribution in [3.8, 4) is 0 Å². The highest BCUT2D eigenvalue weighted by atomic mass is 19.3. The summed E-state index contributed by atoms with van der Waals surface area (Å²) >= 11 is 0. The van der Waals surface area contributed by atoms with E-state index in [2.05, 4.69) is 4.74 Å². The van der Waals surface area contributed by atoms with Gasteiger partial charge in [0, 0.05) is 0 Å². The summed E-state index contributed by atoms with van der Waals surface area (Å²) in [7, 11) is 0. The first kappa shape index (κ1) is 15.5. The molecule has 0 saturated heterocycles. The second-order valence-corrected chi connectivity index (χ2v) is 4.19. The number of halogens is 2. The number of hydrogen-bond acceptors (Lipinski definition) is 4. The highest BCUT2D eigenvalue weighted by Gasteiger charge is 2.37. The van der Waals surface area contributed by atoms with Crippen molar-refractivity contribution in [3.63, 3.8) is 0 Å². The molecule has 0 aliphatic rings. The van der Waals surface area contributed by atoms with E-state index in [1.165, 1.54) is 24.3 Å². The normalized spacial score (nSPS) is 13.1. The third-order valence-corrected chi connectivity index (χ3v) is 2.61. The zero-order chi connectivity index (χ0) is 14.3. The molecule has 1 aromatic rings. The Bertz CT molecular complexity index is 399. The molecule has 0 aromatic heterocycles.